The van der Waals surface area contributed by atoms with Crippen LogP contribution in [0.4, 0.5) is 6.01 Å². The Hall–Kier alpha value is -1.10. The summed E-state index contributed by atoms with van der Waals surface area (Å²) in [6.45, 7) is 6.09. The van der Waals surface area contributed by atoms with Gasteiger partial charge < -0.3 is 15.1 Å². The predicted octanol–water partition coefficient (Wildman–Crippen LogP) is 1.33. The summed E-state index contributed by atoms with van der Waals surface area (Å²) in [6.07, 6.45) is 2.47. The highest BCUT2D eigenvalue weighted by molar-refractivity contribution is 5.25. The molecule has 1 aromatic rings. The van der Waals surface area contributed by atoms with Gasteiger partial charge in [0.25, 0.3) is 0 Å². The minimum atomic E-state index is -0.187. The zero-order chi connectivity index (χ0) is 10.8. The summed E-state index contributed by atoms with van der Waals surface area (Å²) >= 11 is 0. The Morgan fingerprint density at radius 3 is 2.93 bits per heavy atom. The summed E-state index contributed by atoms with van der Waals surface area (Å²) in [5, 5.41) is 7.96. The monoisotopic (exact) mass is 210 g/mol. The van der Waals surface area contributed by atoms with Crippen molar-refractivity contribution in [3.63, 3.8) is 0 Å². The highest BCUT2D eigenvalue weighted by Gasteiger charge is 2.21. The fourth-order valence-corrected chi connectivity index (χ4v) is 1.90. The fraction of sp³-hybridized carbons (Fsp3) is 0.800. The molecule has 1 fully saturated rings. The molecule has 1 saturated heterocycles. The molecule has 2 N–H and O–H groups in total. The summed E-state index contributed by atoms with van der Waals surface area (Å²) in [6, 6.07) is 0.433. The van der Waals surface area contributed by atoms with E-state index in [0.717, 1.165) is 13.1 Å². The number of hydrogen-bond acceptors (Lipinski definition) is 5. The minimum absolute atomic E-state index is 0.187. The van der Waals surface area contributed by atoms with Gasteiger partial charge in [-0.15, -0.1) is 5.10 Å². The van der Waals surface area contributed by atoms with E-state index in [1.807, 2.05) is 6.92 Å². The highest BCUT2D eigenvalue weighted by atomic mass is 16.4. The van der Waals surface area contributed by atoms with Crippen LogP contribution in [0.2, 0.25) is 0 Å². The second-order valence-corrected chi connectivity index (χ2v) is 4.40. The molecule has 2 heterocycles. The van der Waals surface area contributed by atoms with Crippen LogP contribution in [0.3, 0.4) is 0 Å². The molecule has 2 rings (SSSR count). The normalized spacial score (nSPS) is 24.2. The average Bonchev–Trinajstić information content (AvgIpc) is 2.66. The first-order valence-electron chi connectivity index (χ1n) is 5.50. The van der Waals surface area contributed by atoms with Gasteiger partial charge in [0.15, 0.2) is 0 Å². The Balaban J connectivity index is 2.08. The molecule has 15 heavy (non-hydrogen) atoms. The summed E-state index contributed by atoms with van der Waals surface area (Å²) in [5.41, 5.74) is 5.67. The Kier molecular flexibility index (Phi) is 2.90. The largest absolute Gasteiger partial charge is 0.406 e. The standard InChI is InChI=1S/C10H18N4O/c1-7-4-3-5-14(6-7)10-13-12-9(15-10)8(2)11/h7-8H,3-6,11H2,1-2H3. The molecule has 2 unspecified atom stereocenters. The van der Waals surface area contributed by atoms with Crippen LogP contribution >= 0.6 is 0 Å². The molecular formula is C10H18N4O. The van der Waals surface area contributed by atoms with Gasteiger partial charge in [-0.05, 0) is 25.7 Å². The summed E-state index contributed by atoms with van der Waals surface area (Å²) in [5.74, 6) is 1.22. The van der Waals surface area contributed by atoms with Gasteiger partial charge in [0.1, 0.15) is 0 Å². The van der Waals surface area contributed by atoms with E-state index in [1.54, 1.807) is 0 Å². The topological polar surface area (TPSA) is 68.2 Å². The summed E-state index contributed by atoms with van der Waals surface area (Å²) < 4.78 is 5.51. The smallest absolute Gasteiger partial charge is 0.318 e. The molecule has 0 radical (unpaired) electrons. The zero-order valence-corrected chi connectivity index (χ0v) is 9.31. The maximum Gasteiger partial charge on any atom is 0.318 e. The number of aromatic nitrogens is 2. The predicted molar refractivity (Wildman–Crippen MR) is 57.5 cm³/mol. The van der Waals surface area contributed by atoms with Crippen LogP contribution in [0.25, 0.3) is 0 Å². The lowest BCUT2D eigenvalue weighted by molar-refractivity contribution is 0.401. The van der Waals surface area contributed by atoms with Gasteiger partial charge in [0.2, 0.25) is 5.89 Å². The van der Waals surface area contributed by atoms with Crippen LogP contribution < -0.4 is 10.6 Å². The van der Waals surface area contributed by atoms with Gasteiger partial charge in [0, 0.05) is 13.1 Å². The average molecular weight is 210 g/mol. The second-order valence-electron chi connectivity index (χ2n) is 4.40. The molecular weight excluding hydrogens is 192 g/mol. The number of anilines is 1. The lowest BCUT2D eigenvalue weighted by atomic mass is 10.0. The zero-order valence-electron chi connectivity index (χ0n) is 9.31. The lowest BCUT2D eigenvalue weighted by Crippen LogP contribution is -2.34. The molecule has 0 bridgehead atoms. The van der Waals surface area contributed by atoms with E-state index in [-0.39, 0.29) is 6.04 Å². The van der Waals surface area contributed by atoms with Gasteiger partial charge in [-0.3, -0.25) is 0 Å². The van der Waals surface area contributed by atoms with Crippen molar-refractivity contribution < 1.29 is 4.42 Å². The fourth-order valence-electron chi connectivity index (χ4n) is 1.90. The lowest BCUT2D eigenvalue weighted by Gasteiger charge is -2.29. The number of nitrogens with two attached hydrogens (primary N) is 1. The van der Waals surface area contributed by atoms with E-state index in [1.165, 1.54) is 12.8 Å². The molecule has 0 spiro atoms. The Bertz CT molecular complexity index is 323. The van der Waals surface area contributed by atoms with Gasteiger partial charge in [0.05, 0.1) is 6.04 Å². The van der Waals surface area contributed by atoms with Crippen molar-refractivity contribution in [3.05, 3.63) is 5.89 Å². The molecule has 1 aliphatic rings. The molecule has 5 nitrogen and oxygen atoms in total. The molecule has 2 atom stereocenters. The molecule has 0 amide bonds. The Labute approximate surface area is 89.6 Å². The molecule has 1 aromatic heterocycles. The van der Waals surface area contributed by atoms with Gasteiger partial charge in [-0.25, -0.2) is 0 Å². The van der Waals surface area contributed by atoms with E-state index in [2.05, 4.69) is 22.0 Å². The molecule has 5 heteroatoms. The highest BCUT2D eigenvalue weighted by Crippen LogP contribution is 2.22. The Morgan fingerprint density at radius 1 is 1.53 bits per heavy atom. The first-order valence-corrected chi connectivity index (χ1v) is 5.50. The van der Waals surface area contributed by atoms with Crippen LogP contribution in [0.1, 0.15) is 38.6 Å². The minimum Gasteiger partial charge on any atom is -0.406 e. The first-order chi connectivity index (χ1) is 7.16. The number of rotatable bonds is 2. The second kappa shape index (κ2) is 4.18. The molecule has 0 aromatic carbocycles. The third-order valence-electron chi connectivity index (χ3n) is 2.75. The van der Waals surface area contributed by atoms with Crippen LogP contribution in [0, 0.1) is 5.92 Å². The summed E-state index contributed by atoms with van der Waals surface area (Å²) in [4.78, 5) is 2.15. The third-order valence-corrected chi connectivity index (χ3v) is 2.75. The molecule has 1 aliphatic heterocycles. The van der Waals surface area contributed by atoms with Crippen LogP contribution in [0.5, 0.6) is 0 Å². The third kappa shape index (κ3) is 2.28. The van der Waals surface area contributed by atoms with Crippen molar-refractivity contribution in [3.8, 4) is 0 Å². The molecule has 84 valence electrons. The van der Waals surface area contributed by atoms with Crippen molar-refractivity contribution in [2.75, 3.05) is 18.0 Å². The first kappa shape index (κ1) is 10.4. The SMILES string of the molecule is CC1CCCN(c2nnc(C(C)N)o2)C1. The quantitative estimate of drug-likeness (QED) is 0.797. The number of nitrogens with zero attached hydrogens (tertiary/aromatic N) is 3. The van der Waals surface area contributed by atoms with Crippen LogP contribution in [0.15, 0.2) is 4.42 Å². The van der Waals surface area contributed by atoms with Crippen molar-refractivity contribution >= 4 is 6.01 Å². The molecule has 0 aliphatic carbocycles. The van der Waals surface area contributed by atoms with Crippen molar-refractivity contribution in [2.24, 2.45) is 11.7 Å². The van der Waals surface area contributed by atoms with Crippen molar-refractivity contribution in [1.82, 2.24) is 10.2 Å². The van der Waals surface area contributed by atoms with Crippen molar-refractivity contribution in [2.45, 2.75) is 32.7 Å². The van der Waals surface area contributed by atoms with Gasteiger partial charge in [-0.2, -0.15) is 0 Å². The molecule has 0 saturated carbocycles. The number of piperidine rings is 1. The van der Waals surface area contributed by atoms with Crippen molar-refractivity contribution in [1.29, 1.82) is 0 Å². The van der Waals surface area contributed by atoms with Crippen LogP contribution in [-0.2, 0) is 0 Å². The maximum atomic E-state index is 5.67. The Morgan fingerprint density at radius 2 is 2.33 bits per heavy atom. The number of hydrogen-bond donors (Lipinski definition) is 1. The van der Waals surface area contributed by atoms with Crippen LogP contribution in [-0.4, -0.2) is 23.3 Å². The van der Waals surface area contributed by atoms with E-state index in [0.29, 0.717) is 17.8 Å². The van der Waals surface area contributed by atoms with E-state index in [9.17, 15) is 0 Å². The van der Waals surface area contributed by atoms with E-state index < -0.39 is 0 Å². The van der Waals surface area contributed by atoms with Gasteiger partial charge in [-0.1, -0.05) is 12.0 Å². The van der Waals surface area contributed by atoms with E-state index >= 15 is 0 Å². The maximum absolute atomic E-state index is 5.67. The van der Waals surface area contributed by atoms with E-state index in [4.69, 9.17) is 10.2 Å². The summed E-state index contributed by atoms with van der Waals surface area (Å²) in [7, 11) is 0. The van der Waals surface area contributed by atoms with Gasteiger partial charge >= 0.3 is 6.01 Å².